The molecule has 132 valence electrons. The number of piperidine rings is 1. The van der Waals surface area contributed by atoms with Crippen molar-refractivity contribution in [2.45, 2.75) is 63.4 Å². The standard InChI is InChI=1S/C21H25NO3/c23-18-13-21(7-9-22(10-8-21)20(24)14-5-6-14)25-19-12-16-4-2-1-3-15(16)11-17(18)19/h11-12,14H,1-10,13H2. The van der Waals surface area contributed by atoms with Crippen LogP contribution in [0.25, 0.3) is 0 Å². The topological polar surface area (TPSA) is 46.6 Å². The largest absolute Gasteiger partial charge is 0.486 e. The van der Waals surface area contributed by atoms with Crippen molar-refractivity contribution in [2.75, 3.05) is 13.1 Å². The molecule has 1 aromatic rings. The molecule has 1 aromatic carbocycles. The first kappa shape index (κ1) is 15.4. The minimum absolute atomic E-state index is 0.219. The third-order valence-electron chi connectivity index (χ3n) is 6.47. The number of rotatable bonds is 1. The van der Waals surface area contributed by atoms with Crippen molar-refractivity contribution in [3.63, 3.8) is 0 Å². The highest BCUT2D eigenvalue weighted by Crippen LogP contribution is 2.42. The highest BCUT2D eigenvalue weighted by Gasteiger charge is 2.45. The lowest BCUT2D eigenvalue weighted by molar-refractivity contribution is -0.136. The van der Waals surface area contributed by atoms with Gasteiger partial charge in [0.2, 0.25) is 5.91 Å². The maximum Gasteiger partial charge on any atom is 0.225 e. The highest BCUT2D eigenvalue weighted by atomic mass is 16.5. The number of ketones is 1. The van der Waals surface area contributed by atoms with Crippen LogP contribution in [0.1, 0.15) is 66.4 Å². The van der Waals surface area contributed by atoms with E-state index in [9.17, 15) is 9.59 Å². The number of amides is 1. The Kier molecular flexibility index (Phi) is 3.44. The second kappa shape index (κ2) is 5.58. The zero-order valence-electron chi connectivity index (χ0n) is 14.7. The quantitative estimate of drug-likeness (QED) is 0.789. The van der Waals surface area contributed by atoms with Crippen LogP contribution in [0.3, 0.4) is 0 Å². The molecule has 1 amide bonds. The zero-order valence-corrected chi connectivity index (χ0v) is 14.7. The molecule has 1 saturated heterocycles. The van der Waals surface area contributed by atoms with Gasteiger partial charge in [0.25, 0.3) is 0 Å². The first-order chi connectivity index (χ1) is 12.1. The molecular weight excluding hydrogens is 314 g/mol. The van der Waals surface area contributed by atoms with E-state index in [1.165, 1.54) is 24.0 Å². The van der Waals surface area contributed by atoms with Crippen LogP contribution in [0, 0.1) is 5.92 Å². The lowest BCUT2D eigenvalue weighted by atomic mass is 9.80. The van der Waals surface area contributed by atoms with Gasteiger partial charge < -0.3 is 9.64 Å². The number of ether oxygens (including phenoxy) is 1. The summed E-state index contributed by atoms with van der Waals surface area (Å²) in [4.78, 5) is 27.1. The Labute approximate surface area is 148 Å². The molecule has 0 N–H and O–H groups in total. The smallest absolute Gasteiger partial charge is 0.225 e. The summed E-state index contributed by atoms with van der Waals surface area (Å²) in [7, 11) is 0. The van der Waals surface area contributed by atoms with Gasteiger partial charge in [-0.15, -0.1) is 0 Å². The summed E-state index contributed by atoms with van der Waals surface area (Å²) in [5.41, 5.74) is 3.08. The Balaban J connectivity index is 1.37. The molecule has 2 heterocycles. The Morgan fingerprint density at radius 1 is 1.08 bits per heavy atom. The van der Waals surface area contributed by atoms with E-state index >= 15 is 0 Å². The number of likely N-dealkylation sites (tertiary alicyclic amines) is 1. The second-order valence-corrected chi connectivity index (χ2v) is 8.31. The van der Waals surface area contributed by atoms with Gasteiger partial charge in [-0.25, -0.2) is 0 Å². The first-order valence-corrected chi connectivity index (χ1v) is 9.80. The first-order valence-electron chi connectivity index (χ1n) is 9.80. The van der Waals surface area contributed by atoms with Crippen molar-refractivity contribution in [3.05, 3.63) is 28.8 Å². The van der Waals surface area contributed by atoms with Crippen molar-refractivity contribution < 1.29 is 14.3 Å². The van der Waals surface area contributed by atoms with E-state index in [1.54, 1.807) is 0 Å². The maximum absolute atomic E-state index is 12.8. The van der Waals surface area contributed by atoms with Gasteiger partial charge in [0.05, 0.1) is 12.0 Å². The summed E-state index contributed by atoms with van der Waals surface area (Å²) in [5, 5.41) is 0. The molecule has 0 radical (unpaired) electrons. The third-order valence-corrected chi connectivity index (χ3v) is 6.47. The lowest BCUT2D eigenvalue weighted by Gasteiger charge is -2.44. The Morgan fingerprint density at radius 2 is 1.76 bits per heavy atom. The molecule has 1 saturated carbocycles. The predicted molar refractivity (Wildman–Crippen MR) is 93.9 cm³/mol. The zero-order chi connectivity index (χ0) is 17.0. The van der Waals surface area contributed by atoms with Gasteiger partial charge in [-0.2, -0.15) is 0 Å². The van der Waals surface area contributed by atoms with Gasteiger partial charge in [-0.05, 0) is 61.8 Å². The van der Waals surface area contributed by atoms with Crippen molar-refractivity contribution in [1.29, 1.82) is 0 Å². The van der Waals surface area contributed by atoms with Crippen LogP contribution in [-0.4, -0.2) is 35.3 Å². The Bertz CT molecular complexity index is 742. The summed E-state index contributed by atoms with van der Waals surface area (Å²) in [6, 6.07) is 4.22. The minimum Gasteiger partial charge on any atom is -0.486 e. The molecule has 0 atom stereocenters. The third kappa shape index (κ3) is 2.66. The molecule has 5 rings (SSSR count). The summed E-state index contributed by atoms with van der Waals surface area (Å²) < 4.78 is 6.44. The number of fused-ring (bicyclic) bond motifs is 2. The molecule has 1 spiro atoms. The van der Waals surface area contributed by atoms with E-state index in [1.807, 2.05) is 4.90 Å². The molecule has 4 aliphatic rings. The number of carbonyl (C=O) groups is 2. The van der Waals surface area contributed by atoms with Gasteiger partial charge in [0, 0.05) is 31.8 Å². The maximum atomic E-state index is 12.8. The van der Waals surface area contributed by atoms with Crippen LogP contribution in [0.2, 0.25) is 0 Å². The van der Waals surface area contributed by atoms with Crippen LogP contribution in [-0.2, 0) is 17.6 Å². The summed E-state index contributed by atoms with van der Waals surface area (Å²) >= 11 is 0. The van der Waals surface area contributed by atoms with E-state index in [4.69, 9.17) is 4.74 Å². The van der Waals surface area contributed by atoms with Gasteiger partial charge in [-0.3, -0.25) is 9.59 Å². The average molecular weight is 339 g/mol. The Morgan fingerprint density at radius 3 is 2.44 bits per heavy atom. The van der Waals surface area contributed by atoms with Crippen molar-refractivity contribution in [3.8, 4) is 5.75 Å². The molecule has 0 bridgehead atoms. The molecule has 25 heavy (non-hydrogen) atoms. The monoisotopic (exact) mass is 339 g/mol. The van der Waals surface area contributed by atoms with Gasteiger partial charge in [0.1, 0.15) is 11.4 Å². The molecule has 0 aromatic heterocycles. The summed E-state index contributed by atoms with van der Waals surface area (Å²) in [6.07, 6.45) is 8.72. The number of hydrogen-bond donors (Lipinski definition) is 0. The van der Waals surface area contributed by atoms with Gasteiger partial charge in [-0.1, -0.05) is 0 Å². The number of Topliss-reactive ketones (excluding diaryl/α,β-unsaturated/α-hetero) is 1. The van der Waals surface area contributed by atoms with E-state index < -0.39 is 5.60 Å². The predicted octanol–water partition coefficient (Wildman–Crippen LogP) is 3.30. The van der Waals surface area contributed by atoms with Crippen LogP contribution < -0.4 is 4.74 Å². The van der Waals surface area contributed by atoms with Crippen molar-refractivity contribution in [2.24, 2.45) is 5.92 Å². The van der Waals surface area contributed by atoms with E-state index in [2.05, 4.69) is 12.1 Å². The van der Waals surface area contributed by atoms with E-state index in [0.29, 0.717) is 12.3 Å². The highest BCUT2D eigenvalue weighted by molar-refractivity contribution is 6.00. The normalized spacial score (nSPS) is 24.5. The fourth-order valence-corrected chi connectivity index (χ4v) is 4.72. The number of carbonyl (C=O) groups excluding carboxylic acids is 2. The fraction of sp³-hybridized carbons (Fsp3) is 0.619. The molecule has 2 aliphatic heterocycles. The summed E-state index contributed by atoms with van der Waals surface area (Å²) in [5.74, 6) is 1.59. The Hall–Kier alpha value is -1.84. The molecule has 2 fully saturated rings. The SMILES string of the molecule is O=C1CC2(CCN(C(=O)C3CC3)CC2)Oc2cc3c(cc21)CCCC3. The van der Waals surface area contributed by atoms with Crippen LogP contribution >= 0.6 is 0 Å². The summed E-state index contributed by atoms with van der Waals surface area (Å²) in [6.45, 7) is 1.45. The van der Waals surface area contributed by atoms with Crippen LogP contribution in [0.4, 0.5) is 0 Å². The van der Waals surface area contributed by atoms with E-state index in [0.717, 1.165) is 62.9 Å². The van der Waals surface area contributed by atoms with Gasteiger partial charge in [0.15, 0.2) is 5.78 Å². The van der Waals surface area contributed by atoms with Crippen molar-refractivity contribution >= 4 is 11.7 Å². The molecule has 0 unspecified atom stereocenters. The van der Waals surface area contributed by atoms with E-state index in [-0.39, 0.29) is 11.7 Å². The van der Waals surface area contributed by atoms with Crippen molar-refractivity contribution in [1.82, 2.24) is 4.90 Å². The minimum atomic E-state index is -0.396. The number of benzene rings is 1. The lowest BCUT2D eigenvalue weighted by Crippen LogP contribution is -2.52. The average Bonchev–Trinajstić information content (AvgIpc) is 3.46. The molecular formula is C21H25NO3. The number of hydrogen-bond acceptors (Lipinski definition) is 3. The fourth-order valence-electron chi connectivity index (χ4n) is 4.72. The van der Waals surface area contributed by atoms with Crippen LogP contribution in [0.5, 0.6) is 5.75 Å². The molecule has 4 heteroatoms. The van der Waals surface area contributed by atoms with Gasteiger partial charge >= 0.3 is 0 Å². The number of nitrogens with zero attached hydrogens (tertiary/aromatic N) is 1. The molecule has 4 nitrogen and oxygen atoms in total. The second-order valence-electron chi connectivity index (χ2n) is 8.31. The number of aryl methyl sites for hydroxylation is 2. The molecule has 2 aliphatic carbocycles. The van der Waals surface area contributed by atoms with Crippen LogP contribution in [0.15, 0.2) is 12.1 Å².